The van der Waals surface area contributed by atoms with Crippen LogP contribution in [0.1, 0.15) is 18.9 Å². The molecule has 1 unspecified atom stereocenters. The zero-order chi connectivity index (χ0) is 11.4. The van der Waals surface area contributed by atoms with Gasteiger partial charge in [0.1, 0.15) is 0 Å². The number of halogens is 1. The topological polar surface area (TPSA) is 38.2 Å². The summed E-state index contributed by atoms with van der Waals surface area (Å²) >= 11 is 3.39. The lowest BCUT2D eigenvalue weighted by Gasteiger charge is -2.21. The minimum atomic E-state index is 0.252. The quantitative estimate of drug-likeness (QED) is 0.779. The Bertz CT molecular complexity index is 331. The highest BCUT2D eigenvalue weighted by molar-refractivity contribution is 9.08. The van der Waals surface area contributed by atoms with Crippen molar-refractivity contribution in [2.24, 2.45) is 0 Å². The maximum Gasteiger partial charge on any atom is 0.225 e. The Morgan fingerprint density at radius 1 is 1.50 bits per heavy atom. The summed E-state index contributed by atoms with van der Waals surface area (Å²) in [6.45, 7) is 4.76. The van der Waals surface area contributed by atoms with Crippen LogP contribution in [0.3, 0.4) is 0 Å². The monoisotopic (exact) mass is 285 g/mol. The van der Waals surface area contributed by atoms with E-state index in [0.717, 1.165) is 43.0 Å². The molecule has 1 atom stereocenters. The highest BCUT2D eigenvalue weighted by Crippen LogP contribution is 2.13. The second kappa shape index (κ2) is 5.59. The largest absolute Gasteiger partial charge is 0.377 e. The van der Waals surface area contributed by atoms with Crippen LogP contribution in [0, 0.1) is 0 Å². The molecule has 4 nitrogen and oxygen atoms in total. The first-order chi connectivity index (χ1) is 7.79. The van der Waals surface area contributed by atoms with Gasteiger partial charge in [0.15, 0.2) is 0 Å². The molecule has 0 amide bonds. The summed E-state index contributed by atoms with van der Waals surface area (Å²) in [5.41, 5.74) is 1.10. The van der Waals surface area contributed by atoms with Crippen molar-refractivity contribution in [2.45, 2.75) is 24.8 Å². The van der Waals surface area contributed by atoms with Gasteiger partial charge in [-0.3, -0.25) is 0 Å². The molecule has 16 heavy (non-hydrogen) atoms. The smallest absolute Gasteiger partial charge is 0.225 e. The molecule has 0 bridgehead atoms. The first-order valence-corrected chi connectivity index (χ1v) is 6.65. The average Bonchev–Trinajstić information content (AvgIpc) is 2.54. The summed E-state index contributed by atoms with van der Waals surface area (Å²) in [5, 5.41) is 0.798. The summed E-state index contributed by atoms with van der Waals surface area (Å²) in [7, 11) is 0. The molecule has 2 heterocycles. The number of rotatable bonds is 2. The fourth-order valence-corrected chi connectivity index (χ4v) is 2.05. The Morgan fingerprint density at radius 3 is 2.94 bits per heavy atom. The number of hydrogen-bond donors (Lipinski definition) is 0. The molecule has 2 rings (SSSR count). The molecular formula is C11H16BrN3O. The van der Waals surface area contributed by atoms with Crippen LogP contribution in [0.25, 0.3) is 0 Å². The van der Waals surface area contributed by atoms with Gasteiger partial charge in [-0.15, -0.1) is 0 Å². The van der Waals surface area contributed by atoms with Gasteiger partial charge in [-0.1, -0.05) is 15.9 Å². The maximum atomic E-state index is 5.59. The standard InChI is InChI=1S/C11H16BrN3O/c1-9-8-15(3-2-4-16-9)11-13-6-10(5-12)7-14-11/h6-7,9H,2-5,8H2,1H3. The van der Waals surface area contributed by atoms with E-state index in [1.54, 1.807) is 0 Å². The molecular weight excluding hydrogens is 270 g/mol. The molecule has 1 aromatic heterocycles. The van der Waals surface area contributed by atoms with Crippen molar-refractivity contribution in [3.8, 4) is 0 Å². The Balaban J connectivity index is 2.09. The highest BCUT2D eigenvalue weighted by atomic mass is 79.9. The van der Waals surface area contributed by atoms with E-state index in [1.165, 1.54) is 0 Å². The van der Waals surface area contributed by atoms with Crippen LogP contribution in [-0.2, 0) is 10.1 Å². The number of aromatic nitrogens is 2. The van der Waals surface area contributed by atoms with E-state index in [-0.39, 0.29) is 6.10 Å². The van der Waals surface area contributed by atoms with Gasteiger partial charge in [0.2, 0.25) is 5.95 Å². The molecule has 0 aromatic carbocycles. The van der Waals surface area contributed by atoms with Gasteiger partial charge >= 0.3 is 0 Å². The molecule has 88 valence electrons. The van der Waals surface area contributed by atoms with Gasteiger partial charge in [-0.2, -0.15) is 0 Å². The third kappa shape index (κ3) is 2.92. The van der Waals surface area contributed by atoms with Crippen LogP contribution >= 0.6 is 15.9 Å². The molecule has 1 fully saturated rings. The molecule has 0 aliphatic carbocycles. The van der Waals surface area contributed by atoms with Crippen molar-refractivity contribution in [3.05, 3.63) is 18.0 Å². The second-order valence-corrected chi connectivity index (χ2v) is 4.57. The summed E-state index contributed by atoms with van der Waals surface area (Å²) < 4.78 is 5.59. The third-order valence-corrected chi connectivity index (χ3v) is 3.23. The normalized spacial score (nSPS) is 21.9. The summed E-state index contributed by atoms with van der Waals surface area (Å²) in [6, 6.07) is 0. The fraction of sp³-hybridized carbons (Fsp3) is 0.636. The van der Waals surface area contributed by atoms with Crippen LogP contribution < -0.4 is 4.90 Å². The zero-order valence-electron chi connectivity index (χ0n) is 9.40. The fourth-order valence-electron chi connectivity index (χ4n) is 1.76. The summed E-state index contributed by atoms with van der Waals surface area (Å²) in [6.07, 6.45) is 5.02. The van der Waals surface area contributed by atoms with Gasteiger partial charge < -0.3 is 9.64 Å². The Labute approximate surface area is 104 Å². The van der Waals surface area contributed by atoms with E-state index in [4.69, 9.17) is 4.74 Å². The first kappa shape index (κ1) is 11.8. The van der Waals surface area contributed by atoms with E-state index < -0.39 is 0 Å². The number of alkyl halides is 1. The Hall–Kier alpha value is -0.680. The molecule has 1 aliphatic rings. The lowest BCUT2D eigenvalue weighted by atomic mass is 10.3. The zero-order valence-corrected chi connectivity index (χ0v) is 11.0. The predicted molar refractivity (Wildman–Crippen MR) is 66.9 cm³/mol. The third-order valence-electron chi connectivity index (χ3n) is 2.58. The molecule has 5 heteroatoms. The second-order valence-electron chi connectivity index (χ2n) is 4.01. The van der Waals surface area contributed by atoms with E-state index in [0.29, 0.717) is 0 Å². The van der Waals surface area contributed by atoms with Crippen molar-refractivity contribution in [1.29, 1.82) is 0 Å². The predicted octanol–water partition coefficient (Wildman–Crippen LogP) is 1.99. The van der Waals surface area contributed by atoms with E-state index in [1.807, 2.05) is 12.4 Å². The van der Waals surface area contributed by atoms with Gasteiger partial charge in [0.05, 0.1) is 6.10 Å². The van der Waals surface area contributed by atoms with Crippen LogP contribution in [0.2, 0.25) is 0 Å². The molecule has 0 spiro atoms. The molecule has 1 aromatic rings. The Kier molecular flexibility index (Phi) is 4.12. The summed E-state index contributed by atoms with van der Waals surface area (Å²) in [4.78, 5) is 10.9. The SMILES string of the molecule is CC1CN(c2ncc(CBr)cn2)CCCO1. The molecule has 0 saturated carbocycles. The number of anilines is 1. The molecule has 1 aliphatic heterocycles. The number of hydrogen-bond acceptors (Lipinski definition) is 4. The van der Waals surface area contributed by atoms with Crippen molar-refractivity contribution in [1.82, 2.24) is 9.97 Å². The van der Waals surface area contributed by atoms with E-state index in [2.05, 4.69) is 37.7 Å². The van der Waals surface area contributed by atoms with Crippen LogP contribution in [0.5, 0.6) is 0 Å². The van der Waals surface area contributed by atoms with E-state index in [9.17, 15) is 0 Å². The van der Waals surface area contributed by atoms with E-state index >= 15 is 0 Å². The molecule has 1 saturated heterocycles. The molecule has 0 N–H and O–H groups in total. The van der Waals surface area contributed by atoms with Gasteiger partial charge in [0.25, 0.3) is 0 Å². The minimum Gasteiger partial charge on any atom is -0.377 e. The molecule has 0 radical (unpaired) electrons. The first-order valence-electron chi connectivity index (χ1n) is 5.53. The lowest BCUT2D eigenvalue weighted by Crippen LogP contribution is -2.31. The maximum absolute atomic E-state index is 5.59. The van der Waals surface area contributed by atoms with Crippen molar-refractivity contribution < 1.29 is 4.74 Å². The van der Waals surface area contributed by atoms with Crippen LogP contribution in [0.4, 0.5) is 5.95 Å². The minimum absolute atomic E-state index is 0.252. The van der Waals surface area contributed by atoms with Crippen molar-refractivity contribution in [2.75, 3.05) is 24.6 Å². The Morgan fingerprint density at radius 2 is 2.25 bits per heavy atom. The van der Waals surface area contributed by atoms with Crippen molar-refractivity contribution >= 4 is 21.9 Å². The van der Waals surface area contributed by atoms with Gasteiger partial charge in [-0.05, 0) is 18.9 Å². The number of nitrogens with zero attached hydrogens (tertiary/aromatic N) is 3. The highest BCUT2D eigenvalue weighted by Gasteiger charge is 2.16. The average molecular weight is 286 g/mol. The number of ether oxygens (including phenoxy) is 1. The van der Waals surface area contributed by atoms with Crippen molar-refractivity contribution in [3.63, 3.8) is 0 Å². The van der Waals surface area contributed by atoms with Gasteiger partial charge in [-0.25, -0.2) is 9.97 Å². The lowest BCUT2D eigenvalue weighted by molar-refractivity contribution is 0.0820. The van der Waals surface area contributed by atoms with Crippen LogP contribution in [0.15, 0.2) is 12.4 Å². The van der Waals surface area contributed by atoms with Gasteiger partial charge in [0, 0.05) is 37.4 Å². The van der Waals surface area contributed by atoms with Crippen LogP contribution in [-0.4, -0.2) is 35.8 Å². The summed E-state index contributed by atoms with van der Waals surface area (Å²) in [5.74, 6) is 0.807.